The molecule has 0 amide bonds. The number of anilines is 1. The summed E-state index contributed by atoms with van der Waals surface area (Å²) in [7, 11) is 0. The van der Waals surface area contributed by atoms with Crippen LogP contribution >= 0.6 is 45.5 Å². The number of aromatic nitrogens is 1. The maximum atomic E-state index is 5.95. The van der Waals surface area contributed by atoms with Crippen LogP contribution < -0.4 is 5.73 Å². The predicted octanol–water partition coefficient (Wildman–Crippen LogP) is 3.14. The molecule has 1 aromatic carbocycles. The first-order valence-electron chi connectivity index (χ1n) is 3.18. The monoisotopic (exact) mass is 310 g/mol. The molecule has 0 saturated heterocycles. The average molecular weight is 311 g/mol. The van der Waals surface area contributed by atoms with E-state index in [2.05, 4.69) is 27.6 Å². The van der Waals surface area contributed by atoms with E-state index in [1.54, 1.807) is 0 Å². The number of hydrogen-bond acceptors (Lipinski definition) is 3. The molecule has 1 heterocycles. The summed E-state index contributed by atoms with van der Waals surface area (Å²) in [6, 6.07) is 3.80. The zero-order valence-corrected chi connectivity index (χ0v) is 9.57. The van der Waals surface area contributed by atoms with Crippen molar-refractivity contribution in [2.75, 3.05) is 5.73 Å². The summed E-state index contributed by atoms with van der Waals surface area (Å²) in [5.41, 5.74) is 6.48. The first kappa shape index (κ1) is 8.52. The molecule has 5 heteroatoms. The first-order chi connectivity index (χ1) is 5.68. The van der Waals surface area contributed by atoms with Gasteiger partial charge in [0.2, 0.25) is 0 Å². The van der Waals surface area contributed by atoms with Crippen LogP contribution in [0.4, 0.5) is 5.13 Å². The van der Waals surface area contributed by atoms with Gasteiger partial charge in [0.25, 0.3) is 0 Å². The van der Waals surface area contributed by atoms with Gasteiger partial charge in [0.15, 0.2) is 5.13 Å². The minimum atomic E-state index is 0.566. The number of nitrogens with zero attached hydrogens (tertiary/aromatic N) is 1. The van der Waals surface area contributed by atoms with Crippen LogP contribution in [0.25, 0.3) is 10.2 Å². The molecule has 2 rings (SSSR count). The fraction of sp³-hybridized carbons (Fsp3) is 0. The molecule has 1 aromatic heterocycles. The van der Waals surface area contributed by atoms with E-state index in [-0.39, 0.29) is 0 Å². The second-order valence-corrected chi connectivity index (χ2v) is 4.86. The molecule has 0 spiro atoms. The highest BCUT2D eigenvalue weighted by molar-refractivity contribution is 14.1. The fourth-order valence-corrected chi connectivity index (χ4v) is 2.75. The van der Waals surface area contributed by atoms with Gasteiger partial charge in [0.1, 0.15) is 0 Å². The van der Waals surface area contributed by atoms with E-state index in [1.165, 1.54) is 11.3 Å². The Balaban J connectivity index is 2.93. The van der Waals surface area contributed by atoms with Gasteiger partial charge >= 0.3 is 0 Å². The van der Waals surface area contributed by atoms with E-state index in [4.69, 9.17) is 17.3 Å². The third-order valence-electron chi connectivity index (χ3n) is 1.46. The normalized spacial score (nSPS) is 10.8. The molecule has 0 bridgehead atoms. The smallest absolute Gasteiger partial charge is 0.181 e. The lowest BCUT2D eigenvalue weighted by molar-refractivity contribution is 1.48. The van der Waals surface area contributed by atoms with Gasteiger partial charge in [0.05, 0.1) is 15.2 Å². The van der Waals surface area contributed by atoms with E-state index in [1.807, 2.05) is 12.1 Å². The number of fused-ring (bicyclic) bond motifs is 1. The average Bonchev–Trinajstić information content (AvgIpc) is 2.41. The van der Waals surface area contributed by atoms with Crippen molar-refractivity contribution < 1.29 is 0 Å². The molecule has 12 heavy (non-hydrogen) atoms. The van der Waals surface area contributed by atoms with E-state index in [0.717, 1.165) is 18.8 Å². The Morgan fingerprint density at radius 3 is 2.92 bits per heavy atom. The summed E-state index contributed by atoms with van der Waals surface area (Å²) in [6.45, 7) is 0. The molecule has 0 atom stereocenters. The molecule has 2 N–H and O–H groups in total. The van der Waals surface area contributed by atoms with Crippen molar-refractivity contribution in [1.82, 2.24) is 4.98 Å². The lowest BCUT2D eigenvalue weighted by Crippen LogP contribution is -1.80. The van der Waals surface area contributed by atoms with Crippen LogP contribution in [-0.4, -0.2) is 4.98 Å². The van der Waals surface area contributed by atoms with Gasteiger partial charge in [-0.15, -0.1) is 0 Å². The predicted molar refractivity (Wildman–Crippen MR) is 61.8 cm³/mol. The van der Waals surface area contributed by atoms with Gasteiger partial charge in [-0.2, -0.15) is 0 Å². The Morgan fingerprint density at radius 1 is 1.50 bits per heavy atom. The minimum absolute atomic E-state index is 0.566. The molecule has 0 radical (unpaired) electrons. The van der Waals surface area contributed by atoms with Gasteiger partial charge in [0, 0.05) is 3.57 Å². The summed E-state index contributed by atoms with van der Waals surface area (Å²) in [5.74, 6) is 0. The zero-order chi connectivity index (χ0) is 8.72. The molecule has 2 aromatic rings. The second-order valence-electron chi connectivity index (χ2n) is 2.26. The fourth-order valence-electron chi connectivity index (χ4n) is 0.961. The van der Waals surface area contributed by atoms with Crippen molar-refractivity contribution >= 4 is 60.9 Å². The number of benzene rings is 1. The Kier molecular flexibility index (Phi) is 2.14. The SMILES string of the molecule is Nc1nc2c(I)ccc(Cl)c2s1. The third-order valence-corrected chi connectivity index (χ3v) is 3.68. The Labute approximate surface area is 91.9 Å². The summed E-state index contributed by atoms with van der Waals surface area (Å²) in [6.07, 6.45) is 0. The van der Waals surface area contributed by atoms with E-state index in [0.29, 0.717) is 5.13 Å². The van der Waals surface area contributed by atoms with E-state index in [9.17, 15) is 0 Å². The van der Waals surface area contributed by atoms with Crippen LogP contribution in [0.1, 0.15) is 0 Å². The molecule has 0 unspecified atom stereocenters. The van der Waals surface area contributed by atoms with E-state index >= 15 is 0 Å². The number of nitrogens with two attached hydrogens (primary N) is 1. The number of thiazole rings is 1. The molecule has 62 valence electrons. The number of rotatable bonds is 0. The van der Waals surface area contributed by atoms with Crippen LogP contribution in [0.5, 0.6) is 0 Å². The maximum absolute atomic E-state index is 5.95. The van der Waals surface area contributed by atoms with Crippen LogP contribution in [0.3, 0.4) is 0 Å². The largest absolute Gasteiger partial charge is 0.375 e. The topological polar surface area (TPSA) is 38.9 Å². The summed E-state index contributed by atoms with van der Waals surface area (Å²) < 4.78 is 2.06. The summed E-state index contributed by atoms with van der Waals surface area (Å²) in [5, 5.41) is 1.29. The van der Waals surface area contributed by atoms with Crippen LogP contribution in [-0.2, 0) is 0 Å². The highest BCUT2D eigenvalue weighted by atomic mass is 127. The summed E-state index contributed by atoms with van der Waals surface area (Å²) >= 11 is 9.59. The molecule has 2 nitrogen and oxygen atoms in total. The van der Waals surface area contributed by atoms with Crippen LogP contribution in [0.2, 0.25) is 5.02 Å². The zero-order valence-electron chi connectivity index (χ0n) is 5.84. The van der Waals surface area contributed by atoms with Gasteiger partial charge in [-0.25, -0.2) is 4.98 Å². The third kappa shape index (κ3) is 1.27. The van der Waals surface area contributed by atoms with Crippen molar-refractivity contribution in [3.8, 4) is 0 Å². The van der Waals surface area contributed by atoms with Gasteiger partial charge < -0.3 is 5.73 Å². The van der Waals surface area contributed by atoms with E-state index < -0.39 is 0 Å². The highest BCUT2D eigenvalue weighted by Gasteiger charge is 2.07. The molecular weight excluding hydrogens is 307 g/mol. The molecule has 0 aliphatic carbocycles. The summed E-state index contributed by atoms with van der Waals surface area (Å²) in [4.78, 5) is 4.18. The quantitative estimate of drug-likeness (QED) is 0.759. The van der Waals surface area contributed by atoms with Crippen LogP contribution in [0.15, 0.2) is 12.1 Å². The second kappa shape index (κ2) is 3.01. The number of halogens is 2. The molecule has 0 saturated carbocycles. The van der Waals surface area contributed by atoms with Gasteiger partial charge in [-0.3, -0.25) is 0 Å². The Hall–Kier alpha value is -0.0700. The maximum Gasteiger partial charge on any atom is 0.181 e. The number of nitrogen functional groups attached to an aromatic ring is 1. The highest BCUT2D eigenvalue weighted by Crippen LogP contribution is 2.33. The lowest BCUT2D eigenvalue weighted by atomic mass is 10.3. The Morgan fingerprint density at radius 2 is 2.25 bits per heavy atom. The molecular formula is C7H4ClIN2S. The Bertz CT molecular complexity index is 401. The van der Waals surface area contributed by atoms with Crippen LogP contribution in [0, 0.1) is 3.57 Å². The molecule has 0 aliphatic rings. The standard InChI is InChI=1S/C7H4ClIN2S/c8-3-1-2-4(9)5-6(3)12-7(10)11-5/h1-2H,(H2,10,11). The number of hydrogen-bond donors (Lipinski definition) is 1. The van der Waals surface area contributed by atoms with Crippen molar-refractivity contribution in [3.63, 3.8) is 0 Å². The van der Waals surface area contributed by atoms with Gasteiger partial charge in [-0.1, -0.05) is 22.9 Å². The molecule has 0 aliphatic heterocycles. The van der Waals surface area contributed by atoms with Gasteiger partial charge in [-0.05, 0) is 34.7 Å². The van der Waals surface area contributed by atoms with Crippen molar-refractivity contribution in [2.24, 2.45) is 0 Å². The first-order valence-corrected chi connectivity index (χ1v) is 5.46. The lowest BCUT2D eigenvalue weighted by Gasteiger charge is -1.92. The minimum Gasteiger partial charge on any atom is -0.375 e. The van der Waals surface area contributed by atoms with Crippen molar-refractivity contribution in [3.05, 3.63) is 20.7 Å². The van der Waals surface area contributed by atoms with Crippen molar-refractivity contribution in [1.29, 1.82) is 0 Å². The van der Waals surface area contributed by atoms with Crippen molar-refractivity contribution in [2.45, 2.75) is 0 Å². The molecule has 0 fully saturated rings.